The molecule has 1 aromatic heterocycles. The summed E-state index contributed by atoms with van der Waals surface area (Å²) in [7, 11) is 6.15. The van der Waals surface area contributed by atoms with Gasteiger partial charge in [-0.3, -0.25) is 14.6 Å². The lowest BCUT2D eigenvalue weighted by Gasteiger charge is -2.26. The zero-order chi connectivity index (χ0) is 16.4. The van der Waals surface area contributed by atoms with Crippen LogP contribution in [0.3, 0.4) is 0 Å². The number of amides is 1. The average Bonchev–Trinajstić information content (AvgIpc) is 3.18. The van der Waals surface area contributed by atoms with Gasteiger partial charge in [-0.25, -0.2) is 4.98 Å². The number of hydrogen-bond donors (Lipinski definition) is 1. The largest absolute Gasteiger partial charge is 0.353 e. The quantitative estimate of drug-likeness (QED) is 0.811. The topological polar surface area (TPSA) is 51.7 Å². The summed E-state index contributed by atoms with van der Waals surface area (Å²) in [6, 6.07) is 0.536. The van der Waals surface area contributed by atoms with Crippen LogP contribution < -0.4 is 5.32 Å². The van der Waals surface area contributed by atoms with Gasteiger partial charge in [0.2, 0.25) is 5.91 Å². The third-order valence-corrected chi connectivity index (χ3v) is 5.79. The number of rotatable bonds is 6. The molecule has 0 aromatic carbocycles. The molecule has 1 amide bonds. The Hall–Kier alpha value is -1.02. The Balaban J connectivity index is 1.49. The highest BCUT2D eigenvalue weighted by molar-refractivity contribution is 7.09. The zero-order valence-corrected chi connectivity index (χ0v) is 15.1. The van der Waals surface area contributed by atoms with Crippen molar-refractivity contribution >= 4 is 17.2 Å². The minimum absolute atomic E-state index is 0.0363. The van der Waals surface area contributed by atoms with Gasteiger partial charge < -0.3 is 10.2 Å². The fourth-order valence-corrected chi connectivity index (χ4v) is 4.44. The SMILES string of the molecule is CN(C)CCNC(=O)[C@@H]1C[C@@H]2CN(Cc3nccs3)C[C@@H]2N1C. The Kier molecular flexibility index (Phi) is 5.31. The normalized spacial score (nSPS) is 28.4. The van der Waals surface area contributed by atoms with E-state index in [-0.39, 0.29) is 11.9 Å². The van der Waals surface area contributed by atoms with Crippen molar-refractivity contribution < 1.29 is 4.79 Å². The van der Waals surface area contributed by atoms with Crippen LogP contribution in [-0.2, 0) is 11.3 Å². The molecule has 3 atom stereocenters. The molecule has 128 valence electrons. The lowest BCUT2D eigenvalue weighted by molar-refractivity contribution is -0.125. The number of thiazole rings is 1. The maximum absolute atomic E-state index is 12.4. The molecule has 0 aliphatic carbocycles. The van der Waals surface area contributed by atoms with Crippen LogP contribution in [0.2, 0.25) is 0 Å². The van der Waals surface area contributed by atoms with E-state index < -0.39 is 0 Å². The Morgan fingerprint density at radius 3 is 2.96 bits per heavy atom. The summed E-state index contributed by atoms with van der Waals surface area (Å²) in [5.41, 5.74) is 0. The number of likely N-dealkylation sites (tertiary alicyclic amines) is 2. The highest BCUT2D eigenvalue weighted by Crippen LogP contribution is 2.35. The first-order valence-electron chi connectivity index (χ1n) is 8.29. The van der Waals surface area contributed by atoms with Crippen LogP contribution in [0.15, 0.2) is 11.6 Å². The van der Waals surface area contributed by atoms with E-state index in [2.05, 4.69) is 32.0 Å². The molecule has 2 saturated heterocycles. The molecule has 3 rings (SSSR count). The monoisotopic (exact) mass is 337 g/mol. The molecule has 23 heavy (non-hydrogen) atoms. The van der Waals surface area contributed by atoms with Crippen molar-refractivity contribution in [3.8, 4) is 0 Å². The maximum Gasteiger partial charge on any atom is 0.237 e. The minimum Gasteiger partial charge on any atom is -0.353 e. The summed E-state index contributed by atoms with van der Waals surface area (Å²) in [4.78, 5) is 23.6. The van der Waals surface area contributed by atoms with Gasteiger partial charge in [-0.1, -0.05) is 0 Å². The molecule has 2 fully saturated rings. The Labute approximate surface area is 142 Å². The lowest BCUT2D eigenvalue weighted by atomic mass is 10.0. The van der Waals surface area contributed by atoms with Crippen LogP contribution in [0.4, 0.5) is 0 Å². The second-order valence-corrected chi connectivity index (χ2v) is 7.94. The van der Waals surface area contributed by atoms with Gasteiger partial charge >= 0.3 is 0 Å². The van der Waals surface area contributed by atoms with Crippen molar-refractivity contribution in [3.05, 3.63) is 16.6 Å². The molecule has 3 heterocycles. The number of nitrogens with zero attached hydrogens (tertiary/aromatic N) is 4. The molecule has 0 bridgehead atoms. The molecule has 7 heteroatoms. The smallest absolute Gasteiger partial charge is 0.237 e. The highest BCUT2D eigenvalue weighted by atomic mass is 32.1. The van der Waals surface area contributed by atoms with E-state index >= 15 is 0 Å². The van der Waals surface area contributed by atoms with Gasteiger partial charge in [0.1, 0.15) is 5.01 Å². The third-order valence-electron chi connectivity index (χ3n) is 5.03. The van der Waals surface area contributed by atoms with E-state index in [4.69, 9.17) is 0 Å². The first kappa shape index (κ1) is 16.8. The number of carbonyl (C=O) groups is 1. The minimum atomic E-state index is 0.0363. The fourth-order valence-electron chi connectivity index (χ4n) is 3.78. The molecule has 2 aliphatic heterocycles. The van der Waals surface area contributed by atoms with Crippen LogP contribution in [0.1, 0.15) is 11.4 Å². The summed E-state index contributed by atoms with van der Waals surface area (Å²) >= 11 is 1.72. The van der Waals surface area contributed by atoms with Gasteiger partial charge in [-0.15, -0.1) is 11.3 Å². The van der Waals surface area contributed by atoms with E-state index in [0.29, 0.717) is 12.0 Å². The van der Waals surface area contributed by atoms with Gasteiger partial charge in [0.05, 0.1) is 12.6 Å². The summed E-state index contributed by atoms with van der Waals surface area (Å²) in [6.07, 6.45) is 2.85. The van der Waals surface area contributed by atoms with Crippen LogP contribution in [0.25, 0.3) is 0 Å². The molecule has 1 aromatic rings. The van der Waals surface area contributed by atoms with E-state index in [1.807, 2.05) is 25.7 Å². The molecule has 1 N–H and O–H groups in total. The van der Waals surface area contributed by atoms with Crippen molar-refractivity contribution in [2.24, 2.45) is 5.92 Å². The van der Waals surface area contributed by atoms with Crippen LogP contribution in [0, 0.1) is 5.92 Å². The molecule has 0 spiro atoms. The van der Waals surface area contributed by atoms with Crippen molar-refractivity contribution in [2.75, 3.05) is 47.3 Å². The number of aromatic nitrogens is 1. The van der Waals surface area contributed by atoms with Gasteiger partial charge in [-0.2, -0.15) is 0 Å². The van der Waals surface area contributed by atoms with Crippen molar-refractivity contribution in [1.29, 1.82) is 0 Å². The lowest BCUT2D eigenvalue weighted by Crippen LogP contribution is -2.46. The number of carbonyl (C=O) groups excluding carboxylic acids is 1. The second kappa shape index (κ2) is 7.25. The number of fused-ring (bicyclic) bond motifs is 1. The number of likely N-dealkylation sites (N-methyl/N-ethyl adjacent to an activating group) is 2. The second-order valence-electron chi connectivity index (χ2n) is 6.96. The standard InChI is InChI=1S/C16H27N5OS/c1-19(2)6-4-18-16(22)13-8-12-9-21(10-14(12)20(13)3)11-15-17-5-7-23-15/h5,7,12-14H,4,6,8-11H2,1-3H3,(H,18,22)/t12-,13+,14+/m1/s1. The molecule has 0 saturated carbocycles. The fraction of sp³-hybridized carbons (Fsp3) is 0.750. The van der Waals surface area contributed by atoms with Crippen molar-refractivity contribution in [2.45, 2.75) is 25.0 Å². The van der Waals surface area contributed by atoms with Gasteiger partial charge in [-0.05, 0) is 33.5 Å². The predicted molar refractivity (Wildman–Crippen MR) is 92.4 cm³/mol. The Bertz CT molecular complexity index is 521. The molecular formula is C16H27N5OS. The van der Waals surface area contributed by atoms with Crippen molar-refractivity contribution in [1.82, 2.24) is 25.0 Å². The first-order valence-corrected chi connectivity index (χ1v) is 9.17. The third kappa shape index (κ3) is 3.91. The first-order chi connectivity index (χ1) is 11.0. The summed E-state index contributed by atoms with van der Waals surface area (Å²) in [6.45, 7) is 4.68. The number of nitrogens with one attached hydrogen (secondary N) is 1. The Morgan fingerprint density at radius 1 is 1.48 bits per heavy atom. The zero-order valence-electron chi connectivity index (χ0n) is 14.2. The Morgan fingerprint density at radius 2 is 2.30 bits per heavy atom. The number of hydrogen-bond acceptors (Lipinski definition) is 6. The van der Waals surface area contributed by atoms with E-state index in [9.17, 15) is 4.79 Å². The predicted octanol–water partition coefficient (Wildman–Crippen LogP) is 0.325. The highest BCUT2D eigenvalue weighted by Gasteiger charge is 2.46. The van der Waals surface area contributed by atoms with Crippen LogP contribution >= 0.6 is 11.3 Å². The molecule has 6 nitrogen and oxygen atoms in total. The van der Waals surface area contributed by atoms with Gasteiger partial charge in [0.25, 0.3) is 0 Å². The summed E-state index contributed by atoms with van der Waals surface area (Å²) in [5, 5.41) is 6.30. The van der Waals surface area contributed by atoms with E-state index in [0.717, 1.165) is 39.1 Å². The van der Waals surface area contributed by atoms with Crippen LogP contribution in [-0.4, -0.2) is 85.0 Å². The summed E-state index contributed by atoms with van der Waals surface area (Å²) in [5.74, 6) is 0.791. The van der Waals surface area contributed by atoms with Gasteiger partial charge in [0.15, 0.2) is 0 Å². The van der Waals surface area contributed by atoms with Crippen molar-refractivity contribution in [3.63, 3.8) is 0 Å². The molecule has 0 radical (unpaired) electrons. The maximum atomic E-state index is 12.4. The van der Waals surface area contributed by atoms with Crippen LogP contribution in [0.5, 0.6) is 0 Å². The van der Waals surface area contributed by atoms with Gasteiger partial charge in [0, 0.05) is 43.8 Å². The van der Waals surface area contributed by atoms with E-state index in [1.54, 1.807) is 11.3 Å². The molecular weight excluding hydrogens is 310 g/mol. The van der Waals surface area contributed by atoms with E-state index in [1.165, 1.54) is 5.01 Å². The summed E-state index contributed by atoms with van der Waals surface area (Å²) < 4.78 is 0. The average molecular weight is 337 g/mol. The molecule has 0 unspecified atom stereocenters. The molecule has 2 aliphatic rings.